The Hall–Kier alpha value is -3.12. The van der Waals surface area contributed by atoms with Crippen molar-refractivity contribution in [2.75, 3.05) is 26.8 Å². The fourth-order valence-corrected chi connectivity index (χ4v) is 3.52. The van der Waals surface area contributed by atoms with Crippen LogP contribution in [0.2, 0.25) is 0 Å². The number of hydrogen-bond donors (Lipinski definition) is 5. The van der Waals surface area contributed by atoms with E-state index < -0.39 is 41.1 Å². The second-order valence-corrected chi connectivity index (χ2v) is 10.0. The zero-order valence-electron chi connectivity index (χ0n) is 22.0. The Bertz CT molecular complexity index is 1050. The second kappa shape index (κ2) is 14.7. The van der Waals surface area contributed by atoms with Gasteiger partial charge in [0.2, 0.25) is 5.91 Å². The van der Waals surface area contributed by atoms with E-state index in [-0.39, 0.29) is 50.6 Å². The number of ether oxygens (including phenoxy) is 2. The van der Waals surface area contributed by atoms with E-state index in [2.05, 4.69) is 10.6 Å². The highest BCUT2D eigenvalue weighted by Crippen LogP contribution is 2.15. The van der Waals surface area contributed by atoms with Crippen molar-refractivity contribution in [3.8, 4) is 5.75 Å². The first-order chi connectivity index (χ1) is 17.9. The average molecular weight is 537 g/mol. The Kier molecular flexibility index (Phi) is 12.0. The smallest absolute Gasteiger partial charge is 0.250 e. The Morgan fingerprint density at radius 2 is 1.71 bits per heavy atom. The van der Waals surface area contributed by atoms with E-state index in [0.29, 0.717) is 0 Å². The number of aliphatic hydroxyl groups is 1. The zero-order valence-corrected chi connectivity index (χ0v) is 22.0. The topological polar surface area (TPSA) is 149 Å². The summed E-state index contributed by atoms with van der Waals surface area (Å²) in [7, 11) is 1.58. The molecule has 0 aliphatic rings. The Labute approximate surface area is 221 Å². The molecule has 0 heterocycles. The summed E-state index contributed by atoms with van der Waals surface area (Å²) in [5.41, 5.74) is 12.3. The molecule has 2 rings (SSSR count). The standard InChI is InChI=1S/C27H38F2N4O5/c1-27(2,15-32-24(34)12-20(30)11-18-10-19(28)6-9-22(18)29)16-33-26(36)25(35)23(31)14-38-13-17-4-7-21(37-3)8-5-17/h4-10,20,23,25,35H,11-16,30-31H2,1-3H3,(H,32,34)(H,33,36). The van der Waals surface area contributed by atoms with E-state index in [4.69, 9.17) is 20.9 Å². The summed E-state index contributed by atoms with van der Waals surface area (Å²) in [5.74, 6) is -1.44. The minimum atomic E-state index is -1.47. The molecular formula is C27H38F2N4O5. The first-order valence-electron chi connectivity index (χ1n) is 12.3. The number of carbonyl (C=O) groups excluding carboxylic acids is 2. The highest BCUT2D eigenvalue weighted by molar-refractivity contribution is 5.81. The third kappa shape index (κ3) is 10.7. The highest BCUT2D eigenvalue weighted by Gasteiger charge is 2.26. The number of aliphatic hydroxyl groups excluding tert-OH is 1. The second-order valence-electron chi connectivity index (χ2n) is 10.0. The molecule has 0 saturated heterocycles. The van der Waals surface area contributed by atoms with Crippen molar-refractivity contribution < 1.29 is 33.0 Å². The Morgan fingerprint density at radius 1 is 1.05 bits per heavy atom. The third-order valence-electron chi connectivity index (χ3n) is 5.85. The first-order valence-corrected chi connectivity index (χ1v) is 12.3. The maximum absolute atomic E-state index is 13.8. The van der Waals surface area contributed by atoms with Gasteiger partial charge < -0.3 is 36.7 Å². The number of carbonyl (C=O) groups is 2. The predicted molar refractivity (Wildman–Crippen MR) is 139 cm³/mol. The van der Waals surface area contributed by atoms with Crippen LogP contribution < -0.4 is 26.8 Å². The number of hydrogen-bond acceptors (Lipinski definition) is 7. The van der Waals surface area contributed by atoms with Gasteiger partial charge in [0.25, 0.3) is 5.91 Å². The molecule has 0 aliphatic heterocycles. The average Bonchev–Trinajstić information content (AvgIpc) is 2.88. The van der Waals surface area contributed by atoms with Gasteiger partial charge in [0, 0.05) is 25.6 Å². The lowest BCUT2D eigenvalue weighted by Gasteiger charge is -2.27. The normalized spacial score (nSPS) is 13.9. The van der Waals surface area contributed by atoms with Gasteiger partial charge >= 0.3 is 0 Å². The first kappa shape index (κ1) is 31.1. The predicted octanol–water partition coefficient (Wildman–Crippen LogP) is 1.40. The lowest BCUT2D eigenvalue weighted by Crippen LogP contribution is -2.51. The molecule has 210 valence electrons. The molecular weight excluding hydrogens is 498 g/mol. The quantitative estimate of drug-likeness (QED) is 0.231. The van der Waals surface area contributed by atoms with Crippen LogP contribution in [0.25, 0.3) is 0 Å². The number of methoxy groups -OCH3 is 1. The van der Waals surface area contributed by atoms with Gasteiger partial charge in [-0.3, -0.25) is 9.59 Å². The Balaban J connectivity index is 1.69. The van der Waals surface area contributed by atoms with Crippen molar-refractivity contribution in [3.63, 3.8) is 0 Å². The minimum absolute atomic E-state index is 0.0123. The summed E-state index contributed by atoms with van der Waals surface area (Å²) in [4.78, 5) is 24.7. The molecule has 2 aromatic carbocycles. The number of nitrogens with two attached hydrogens (primary N) is 2. The molecule has 9 nitrogen and oxygen atoms in total. The van der Waals surface area contributed by atoms with Gasteiger partial charge in [-0.2, -0.15) is 0 Å². The number of rotatable bonds is 15. The van der Waals surface area contributed by atoms with Crippen LogP contribution in [0.4, 0.5) is 8.78 Å². The molecule has 0 fully saturated rings. The molecule has 3 atom stereocenters. The van der Waals surface area contributed by atoms with Gasteiger partial charge in [-0.25, -0.2) is 8.78 Å². The lowest BCUT2D eigenvalue weighted by molar-refractivity contribution is -0.131. The van der Waals surface area contributed by atoms with Gasteiger partial charge in [0.15, 0.2) is 0 Å². The molecule has 0 aliphatic carbocycles. The monoisotopic (exact) mass is 536 g/mol. The van der Waals surface area contributed by atoms with Crippen LogP contribution in [0.5, 0.6) is 5.75 Å². The van der Waals surface area contributed by atoms with Crippen molar-refractivity contribution in [1.29, 1.82) is 0 Å². The van der Waals surface area contributed by atoms with Crippen LogP contribution in [-0.2, 0) is 27.4 Å². The largest absolute Gasteiger partial charge is 0.497 e. The van der Waals surface area contributed by atoms with E-state index in [1.807, 2.05) is 26.0 Å². The van der Waals surface area contributed by atoms with E-state index in [1.165, 1.54) is 0 Å². The van der Waals surface area contributed by atoms with Crippen molar-refractivity contribution in [3.05, 3.63) is 65.2 Å². The highest BCUT2D eigenvalue weighted by atomic mass is 19.1. The van der Waals surface area contributed by atoms with E-state index >= 15 is 0 Å². The van der Waals surface area contributed by atoms with Crippen molar-refractivity contribution in [2.24, 2.45) is 16.9 Å². The SMILES string of the molecule is COc1ccc(COCC(N)C(O)C(=O)NCC(C)(C)CNC(=O)CC(N)Cc2cc(F)ccc2F)cc1. The van der Waals surface area contributed by atoms with Crippen molar-refractivity contribution >= 4 is 11.8 Å². The molecule has 0 radical (unpaired) electrons. The molecule has 0 spiro atoms. The molecule has 11 heteroatoms. The van der Waals surface area contributed by atoms with Crippen LogP contribution in [0.3, 0.4) is 0 Å². The van der Waals surface area contributed by atoms with E-state index in [1.54, 1.807) is 19.2 Å². The number of halogens is 2. The third-order valence-corrected chi connectivity index (χ3v) is 5.85. The van der Waals surface area contributed by atoms with E-state index in [9.17, 15) is 23.5 Å². The van der Waals surface area contributed by atoms with Gasteiger partial charge in [-0.1, -0.05) is 26.0 Å². The molecule has 0 aromatic heterocycles. The van der Waals surface area contributed by atoms with Crippen LogP contribution in [0.15, 0.2) is 42.5 Å². The Morgan fingerprint density at radius 3 is 2.37 bits per heavy atom. The molecule has 38 heavy (non-hydrogen) atoms. The van der Waals surface area contributed by atoms with Gasteiger partial charge in [0.05, 0.1) is 26.4 Å². The van der Waals surface area contributed by atoms with Crippen LogP contribution in [-0.4, -0.2) is 61.9 Å². The lowest BCUT2D eigenvalue weighted by atomic mass is 9.93. The molecule has 2 aromatic rings. The summed E-state index contributed by atoms with van der Waals surface area (Å²) < 4.78 is 37.7. The summed E-state index contributed by atoms with van der Waals surface area (Å²) in [6.07, 6.45) is -1.54. The summed E-state index contributed by atoms with van der Waals surface area (Å²) in [6, 6.07) is 8.75. The van der Waals surface area contributed by atoms with Crippen LogP contribution in [0.1, 0.15) is 31.4 Å². The van der Waals surface area contributed by atoms with E-state index in [0.717, 1.165) is 29.5 Å². The molecule has 2 amide bonds. The number of nitrogens with one attached hydrogen (secondary N) is 2. The number of benzene rings is 2. The maximum atomic E-state index is 13.8. The minimum Gasteiger partial charge on any atom is -0.497 e. The maximum Gasteiger partial charge on any atom is 0.250 e. The molecule has 0 saturated carbocycles. The molecule has 0 bridgehead atoms. The zero-order chi connectivity index (χ0) is 28.3. The van der Waals surface area contributed by atoms with Gasteiger partial charge in [-0.05, 0) is 53.3 Å². The summed E-state index contributed by atoms with van der Waals surface area (Å²) in [6.45, 7) is 4.24. The number of amides is 2. The van der Waals surface area contributed by atoms with Crippen molar-refractivity contribution in [1.82, 2.24) is 10.6 Å². The molecule has 7 N–H and O–H groups in total. The van der Waals surface area contributed by atoms with Crippen molar-refractivity contribution in [2.45, 2.75) is 51.5 Å². The summed E-state index contributed by atoms with van der Waals surface area (Å²) in [5, 5.41) is 15.6. The fraction of sp³-hybridized carbons (Fsp3) is 0.481. The summed E-state index contributed by atoms with van der Waals surface area (Å²) >= 11 is 0. The fourth-order valence-electron chi connectivity index (χ4n) is 3.52. The molecule has 3 unspecified atom stereocenters. The van der Waals surface area contributed by atoms with Gasteiger partial charge in [0.1, 0.15) is 23.5 Å². The van der Waals surface area contributed by atoms with Crippen LogP contribution >= 0.6 is 0 Å². The van der Waals surface area contributed by atoms with Gasteiger partial charge in [-0.15, -0.1) is 0 Å². The van der Waals surface area contributed by atoms with Crippen LogP contribution in [0, 0.1) is 17.0 Å².